The molecule has 1 atom stereocenters. The van der Waals surface area contributed by atoms with Crippen LogP contribution in [0.25, 0.3) is 16.6 Å². The number of carbonyl (C=O) groups excluding carboxylic acids is 1. The van der Waals surface area contributed by atoms with E-state index in [-0.39, 0.29) is 11.9 Å². The van der Waals surface area contributed by atoms with Gasteiger partial charge in [-0.05, 0) is 67.2 Å². The van der Waals surface area contributed by atoms with E-state index in [1.165, 1.54) is 12.0 Å². The van der Waals surface area contributed by atoms with Crippen LogP contribution in [0.5, 0.6) is 0 Å². The summed E-state index contributed by atoms with van der Waals surface area (Å²) in [5.74, 6) is 0.105. The second kappa shape index (κ2) is 9.33. The Bertz CT molecular complexity index is 1260. The van der Waals surface area contributed by atoms with Crippen molar-refractivity contribution in [3.8, 4) is 0 Å². The summed E-state index contributed by atoms with van der Waals surface area (Å²) >= 11 is 12.5. The topological polar surface area (TPSA) is 77.0 Å². The minimum atomic E-state index is -0.681. The zero-order valence-electron chi connectivity index (χ0n) is 19.3. The Kier molecular flexibility index (Phi) is 6.40. The maximum atomic E-state index is 13.1. The number of rotatable bonds is 4. The van der Waals surface area contributed by atoms with Crippen LogP contribution in [0.3, 0.4) is 0 Å². The molecule has 0 unspecified atom stereocenters. The lowest BCUT2D eigenvalue weighted by molar-refractivity contribution is -0.137. The van der Waals surface area contributed by atoms with E-state index in [9.17, 15) is 4.79 Å². The maximum Gasteiger partial charge on any atom is 0.242 e. The van der Waals surface area contributed by atoms with Crippen LogP contribution in [0, 0.1) is 0 Å². The highest BCUT2D eigenvalue weighted by molar-refractivity contribution is 6.35. The van der Waals surface area contributed by atoms with Gasteiger partial charge in [0.2, 0.25) is 5.91 Å². The summed E-state index contributed by atoms with van der Waals surface area (Å²) in [6, 6.07) is 11.6. The first-order chi connectivity index (χ1) is 16.4. The summed E-state index contributed by atoms with van der Waals surface area (Å²) in [4.78, 5) is 15.0. The minimum absolute atomic E-state index is 0.102. The molecule has 3 aromatic rings. The molecule has 0 bridgehead atoms. The molecule has 0 saturated heterocycles. The molecule has 2 aromatic carbocycles. The van der Waals surface area contributed by atoms with Gasteiger partial charge in [-0.2, -0.15) is 0 Å². The van der Waals surface area contributed by atoms with E-state index < -0.39 is 5.54 Å². The molecule has 8 heteroatoms. The molecule has 1 saturated carbocycles. The molecule has 1 amide bonds. The molecule has 1 aromatic heterocycles. The Labute approximate surface area is 209 Å². The van der Waals surface area contributed by atoms with Crippen molar-refractivity contribution in [2.24, 2.45) is 5.73 Å². The Balaban J connectivity index is 1.38. The van der Waals surface area contributed by atoms with Crippen LogP contribution in [0.1, 0.15) is 62.6 Å². The molecular weight excluding hydrogens is 469 g/mol. The highest BCUT2D eigenvalue weighted by Gasteiger charge is 2.38. The first-order valence-electron chi connectivity index (χ1n) is 11.9. The van der Waals surface area contributed by atoms with Crippen molar-refractivity contribution < 1.29 is 4.79 Å². The van der Waals surface area contributed by atoms with Crippen molar-refractivity contribution in [2.75, 3.05) is 13.1 Å². The van der Waals surface area contributed by atoms with Crippen molar-refractivity contribution in [3.05, 3.63) is 63.6 Å². The van der Waals surface area contributed by atoms with Crippen LogP contribution in [0.2, 0.25) is 10.0 Å². The van der Waals surface area contributed by atoms with Gasteiger partial charge < -0.3 is 10.6 Å². The number of nitrogens with two attached hydrogens (primary N) is 1. The van der Waals surface area contributed by atoms with Crippen molar-refractivity contribution in [1.29, 1.82) is 0 Å². The van der Waals surface area contributed by atoms with Crippen molar-refractivity contribution in [3.63, 3.8) is 0 Å². The number of amides is 1. The highest BCUT2D eigenvalue weighted by Crippen LogP contribution is 2.33. The van der Waals surface area contributed by atoms with E-state index in [2.05, 4.69) is 28.5 Å². The molecule has 34 heavy (non-hydrogen) atoms. The molecule has 178 valence electrons. The largest absolute Gasteiger partial charge is 0.337 e. The molecule has 1 aliphatic carbocycles. The fraction of sp³-hybridized carbons (Fsp3) is 0.423. The number of aromatic nitrogens is 3. The van der Waals surface area contributed by atoms with Gasteiger partial charge >= 0.3 is 0 Å². The third kappa shape index (κ3) is 4.35. The van der Waals surface area contributed by atoms with E-state index in [4.69, 9.17) is 28.9 Å². The van der Waals surface area contributed by atoms with E-state index in [0.717, 1.165) is 54.3 Å². The Morgan fingerprint density at radius 3 is 2.62 bits per heavy atom. The SMILES string of the molecule is C[C@H](c1ccc(Cl)cc1Cl)n1nnc2ccc(C3=CCN(C(=O)C4(N)CCCCC4)CC3)cc21. The van der Waals surface area contributed by atoms with E-state index in [1.807, 2.05) is 34.7 Å². The average molecular weight is 498 g/mol. The fourth-order valence-electron chi connectivity index (χ4n) is 5.22. The smallest absolute Gasteiger partial charge is 0.242 e. The Hall–Kier alpha value is -2.41. The fourth-order valence-corrected chi connectivity index (χ4v) is 5.79. The van der Waals surface area contributed by atoms with Crippen molar-refractivity contribution in [2.45, 2.75) is 57.0 Å². The number of benzene rings is 2. The van der Waals surface area contributed by atoms with Crippen LogP contribution in [0.4, 0.5) is 0 Å². The van der Waals surface area contributed by atoms with E-state index in [1.54, 1.807) is 6.07 Å². The standard InChI is InChI=1S/C26H29Cl2N5O/c1-17(21-7-6-20(27)16-22(21)28)33-24-15-19(5-8-23(24)30-31-33)18-9-13-32(14-10-18)25(34)26(29)11-3-2-4-12-26/h5-9,15-17H,2-4,10-14,29H2,1H3/t17-/m1/s1. The van der Waals surface area contributed by atoms with Gasteiger partial charge in [-0.1, -0.05) is 65.9 Å². The molecule has 1 fully saturated rings. The molecule has 2 aliphatic rings. The molecule has 6 nitrogen and oxygen atoms in total. The lowest BCUT2D eigenvalue weighted by Crippen LogP contribution is -2.56. The Morgan fingerprint density at radius 1 is 1.12 bits per heavy atom. The van der Waals surface area contributed by atoms with Gasteiger partial charge in [0, 0.05) is 23.1 Å². The molecule has 0 radical (unpaired) electrons. The molecule has 5 rings (SSSR count). The van der Waals surface area contributed by atoms with Gasteiger partial charge in [0.25, 0.3) is 0 Å². The summed E-state index contributed by atoms with van der Waals surface area (Å²) in [6.45, 7) is 3.34. The summed E-state index contributed by atoms with van der Waals surface area (Å²) in [7, 11) is 0. The van der Waals surface area contributed by atoms with Crippen LogP contribution >= 0.6 is 23.2 Å². The van der Waals surface area contributed by atoms with Gasteiger partial charge in [0.15, 0.2) is 0 Å². The van der Waals surface area contributed by atoms with Crippen LogP contribution < -0.4 is 5.73 Å². The van der Waals surface area contributed by atoms with Gasteiger partial charge in [0.05, 0.1) is 17.1 Å². The van der Waals surface area contributed by atoms with Gasteiger partial charge in [-0.3, -0.25) is 4.79 Å². The number of carbonyl (C=O) groups is 1. The number of nitrogens with zero attached hydrogens (tertiary/aromatic N) is 4. The number of hydrogen-bond donors (Lipinski definition) is 1. The quantitative estimate of drug-likeness (QED) is 0.506. The summed E-state index contributed by atoms with van der Waals surface area (Å²) < 4.78 is 1.90. The first kappa shape index (κ1) is 23.3. The average Bonchev–Trinajstić information content (AvgIpc) is 3.27. The predicted octanol–water partition coefficient (Wildman–Crippen LogP) is 5.62. The number of halogens is 2. The van der Waals surface area contributed by atoms with Crippen molar-refractivity contribution >= 4 is 45.7 Å². The summed E-state index contributed by atoms with van der Waals surface area (Å²) in [6.07, 6.45) is 7.80. The van der Waals surface area contributed by atoms with Crippen molar-refractivity contribution in [1.82, 2.24) is 19.9 Å². The first-order valence-corrected chi connectivity index (χ1v) is 12.7. The normalized spacial score (nSPS) is 19.2. The van der Waals surface area contributed by atoms with Crippen LogP contribution in [-0.2, 0) is 4.79 Å². The lowest BCUT2D eigenvalue weighted by atomic mass is 9.81. The Morgan fingerprint density at radius 2 is 1.91 bits per heavy atom. The molecule has 0 spiro atoms. The monoisotopic (exact) mass is 497 g/mol. The van der Waals surface area contributed by atoms with Gasteiger partial charge in [-0.25, -0.2) is 4.68 Å². The maximum absolute atomic E-state index is 13.1. The van der Waals surface area contributed by atoms with E-state index in [0.29, 0.717) is 23.1 Å². The van der Waals surface area contributed by atoms with Crippen LogP contribution in [-0.4, -0.2) is 44.4 Å². The number of fused-ring (bicyclic) bond motifs is 1. The van der Waals surface area contributed by atoms with Crippen LogP contribution in [0.15, 0.2) is 42.5 Å². The van der Waals surface area contributed by atoms with E-state index >= 15 is 0 Å². The zero-order valence-corrected chi connectivity index (χ0v) is 20.8. The third-order valence-electron chi connectivity index (χ3n) is 7.29. The molecule has 1 aliphatic heterocycles. The second-order valence-corrected chi connectivity index (χ2v) is 10.4. The molecular formula is C26H29Cl2N5O. The summed E-state index contributed by atoms with van der Waals surface area (Å²) in [5, 5.41) is 9.97. The number of hydrogen-bond acceptors (Lipinski definition) is 4. The minimum Gasteiger partial charge on any atom is -0.337 e. The summed E-state index contributed by atoms with van der Waals surface area (Å²) in [5.41, 5.74) is 10.9. The third-order valence-corrected chi connectivity index (χ3v) is 7.85. The second-order valence-electron chi connectivity index (χ2n) is 9.53. The lowest BCUT2D eigenvalue weighted by Gasteiger charge is -2.38. The highest BCUT2D eigenvalue weighted by atomic mass is 35.5. The zero-order chi connectivity index (χ0) is 23.9. The van der Waals surface area contributed by atoms with Gasteiger partial charge in [-0.15, -0.1) is 5.10 Å². The molecule has 2 N–H and O–H groups in total. The predicted molar refractivity (Wildman–Crippen MR) is 137 cm³/mol. The molecule has 2 heterocycles. The van der Waals surface area contributed by atoms with Gasteiger partial charge in [0.1, 0.15) is 5.52 Å².